The summed E-state index contributed by atoms with van der Waals surface area (Å²) in [7, 11) is 0. The highest BCUT2D eigenvalue weighted by atomic mass is 19.3. The normalized spacial score (nSPS) is 28.6. The lowest BCUT2D eigenvalue weighted by Crippen LogP contribution is -2.34. The highest BCUT2D eigenvalue weighted by molar-refractivity contribution is 5.79. The first-order chi connectivity index (χ1) is 8.08. The van der Waals surface area contributed by atoms with Crippen LogP contribution in [0.15, 0.2) is 0 Å². The van der Waals surface area contributed by atoms with Crippen molar-refractivity contribution < 1.29 is 18.3 Å². The summed E-state index contributed by atoms with van der Waals surface area (Å²) in [5.41, 5.74) is 0. The Labute approximate surface area is 99.3 Å². The van der Waals surface area contributed by atoms with E-state index in [1.807, 2.05) is 0 Å². The summed E-state index contributed by atoms with van der Waals surface area (Å²) in [6.45, 7) is 4.24. The van der Waals surface area contributed by atoms with E-state index in [-0.39, 0.29) is 0 Å². The maximum atomic E-state index is 12.8. The molecule has 0 aliphatic carbocycles. The Balaban J connectivity index is 1.58. The number of esters is 1. The minimum absolute atomic E-state index is 0.315. The molecule has 2 fully saturated rings. The molecule has 1 atom stereocenters. The van der Waals surface area contributed by atoms with Gasteiger partial charge in [0, 0.05) is 19.6 Å². The number of likely N-dealkylation sites (tertiary alicyclic amines) is 1. The van der Waals surface area contributed by atoms with Crippen LogP contribution >= 0.6 is 0 Å². The molecule has 0 spiro atoms. The fraction of sp³-hybridized carbons (Fsp3) is 0.909. The third-order valence-corrected chi connectivity index (χ3v) is 3.23. The van der Waals surface area contributed by atoms with Crippen LogP contribution in [0.5, 0.6) is 0 Å². The molecule has 1 unspecified atom stereocenters. The van der Waals surface area contributed by atoms with Crippen molar-refractivity contribution in [2.45, 2.75) is 31.3 Å². The number of ether oxygens (including phenoxy) is 1. The van der Waals surface area contributed by atoms with Crippen LogP contribution in [-0.2, 0) is 9.53 Å². The quantitative estimate of drug-likeness (QED) is 0.572. The van der Waals surface area contributed by atoms with Gasteiger partial charge in [-0.05, 0) is 25.9 Å². The van der Waals surface area contributed by atoms with Crippen molar-refractivity contribution in [3.05, 3.63) is 0 Å². The summed E-state index contributed by atoms with van der Waals surface area (Å²) in [5.74, 6) is -4.68. The lowest BCUT2D eigenvalue weighted by Gasteiger charge is -2.15. The fourth-order valence-corrected chi connectivity index (χ4v) is 2.27. The van der Waals surface area contributed by atoms with Gasteiger partial charge in [-0.3, -0.25) is 0 Å². The van der Waals surface area contributed by atoms with Gasteiger partial charge in [-0.1, -0.05) is 0 Å². The van der Waals surface area contributed by atoms with E-state index in [4.69, 9.17) is 0 Å². The largest absolute Gasteiger partial charge is 0.456 e. The van der Waals surface area contributed by atoms with Gasteiger partial charge in [0.1, 0.15) is 6.10 Å². The monoisotopic (exact) mass is 248 g/mol. The summed E-state index contributed by atoms with van der Waals surface area (Å²) in [5, 5.41) is 3.06. The van der Waals surface area contributed by atoms with Crippen LogP contribution in [-0.4, -0.2) is 55.6 Å². The van der Waals surface area contributed by atoms with E-state index in [1.165, 1.54) is 12.8 Å². The SMILES string of the molecule is O=C1OC(CNCCN2CCCC2)CC1(F)F. The van der Waals surface area contributed by atoms with Crippen molar-refractivity contribution in [3.8, 4) is 0 Å². The van der Waals surface area contributed by atoms with Crippen molar-refractivity contribution >= 4 is 5.97 Å². The molecule has 17 heavy (non-hydrogen) atoms. The van der Waals surface area contributed by atoms with Crippen molar-refractivity contribution in [2.75, 3.05) is 32.7 Å². The second kappa shape index (κ2) is 5.27. The van der Waals surface area contributed by atoms with E-state index in [0.29, 0.717) is 6.54 Å². The number of rotatable bonds is 5. The summed E-state index contributed by atoms with van der Waals surface area (Å²) < 4.78 is 30.2. The van der Waals surface area contributed by atoms with Crippen molar-refractivity contribution in [3.63, 3.8) is 0 Å². The number of nitrogens with zero attached hydrogens (tertiary/aromatic N) is 1. The maximum Gasteiger partial charge on any atom is 0.377 e. The molecule has 0 amide bonds. The number of hydrogen-bond donors (Lipinski definition) is 1. The van der Waals surface area contributed by atoms with Crippen molar-refractivity contribution in [2.24, 2.45) is 0 Å². The molecule has 1 N–H and O–H groups in total. The maximum absolute atomic E-state index is 12.8. The third kappa shape index (κ3) is 3.35. The second-order valence-corrected chi connectivity index (χ2v) is 4.69. The Morgan fingerprint density at radius 1 is 1.41 bits per heavy atom. The molecule has 0 aromatic heterocycles. The van der Waals surface area contributed by atoms with Crippen LogP contribution in [0.1, 0.15) is 19.3 Å². The molecule has 0 aromatic rings. The Bertz CT molecular complexity index is 281. The lowest BCUT2D eigenvalue weighted by atomic mass is 10.2. The minimum atomic E-state index is -3.29. The molecular formula is C11H18F2N2O2. The molecule has 0 saturated carbocycles. The predicted molar refractivity (Wildman–Crippen MR) is 58.0 cm³/mol. The fourth-order valence-electron chi connectivity index (χ4n) is 2.27. The first-order valence-electron chi connectivity index (χ1n) is 6.10. The number of alkyl halides is 2. The first-order valence-corrected chi connectivity index (χ1v) is 6.10. The van der Waals surface area contributed by atoms with Crippen LogP contribution in [0.25, 0.3) is 0 Å². The van der Waals surface area contributed by atoms with Crippen LogP contribution in [0, 0.1) is 0 Å². The molecule has 2 saturated heterocycles. The highest BCUT2D eigenvalue weighted by Gasteiger charge is 2.50. The van der Waals surface area contributed by atoms with Gasteiger partial charge in [-0.15, -0.1) is 0 Å². The van der Waals surface area contributed by atoms with E-state index in [9.17, 15) is 13.6 Å². The zero-order chi connectivity index (χ0) is 12.3. The summed E-state index contributed by atoms with van der Waals surface area (Å²) in [6.07, 6.45) is 1.30. The molecular weight excluding hydrogens is 230 g/mol. The molecule has 2 rings (SSSR count). The van der Waals surface area contributed by atoms with Gasteiger partial charge in [0.25, 0.3) is 0 Å². The summed E-state index contributed by atoms with van der Waals surface area (Å²) in [4.78, 5) is 13.1. The second-order valence-electron chi connectivity index (χ2n) is 4.69. The van der Waals surface area contributed by atoms with Gasteiger partial charge in [0.2, 0.25) is 0 Å². The van der Waals surface area contributed by atoms with E-state index in [0.717, 1.165) is 26.2 Å². The zero-order valence-corrected chi connectivity index (χ0v) is 9.75. The number of carbonyl (C=O) groups is 1. The van der Waals surface area contributed by atoms with Gasteiger partial charge in [-0.25, -0.2) is 4.79 Å². The highest BCUT2D eigenvalue weighted by Crippen LogP contribution is 2.30. The van der Waals surface area contributed by atoms with Gasteiger partial charge in [-0.2, -0.15) is 8.78 Å². The number of carbonyl (C=O) groups excluding carboxylic acids is 1. The van der Waals surface area contributed by atoms with Crippen LogP contribution in [0.4, 0.5) is 8.78 Å². The Morgan fingerprint density at radius 2 is 2.12 bits per heavy atom. The van der Waals surface area contributed by atoms with Crippen molar-refractivity contribution in [1.82, 2.24) is 10.2 Å². The Hall–Kier alpha value is -0.750. The Kier molecular flexibility index (Phi) is 3.93. The zero-order valence-electron chi connectivity index (χ0n) is 9.75. The standard InChI is InChI=1S/C11H18F2N2O2/c12-11(13)7-9(17-10(11)16)8-14-3-6-15-4-1-2-5-15/h9,14H,1-8H2. The first kappa shape index (κ1) is 12.7. The topological polar surface area (TPSA) is 41.6 Å². The molecule has 6 heteroatoms. The van der Waals surface area contributed by atoms with E-state index in [1.54, 1.807) is 0 Å². The molecule has 98 valence electrons. The third-order valence-electron chi connectivity index (χ3n) is 3.23. The summed E-state index contributed by atoms with van der Waals surface area (Å²) >= 11 is 0. The number of cyclic esters (lactones) is 1. The predicted octanol–water partition coefficient (Wildman–Crippen LogP) is 0.623. The minimum Gasteiger partial charge on any atom is -0.456 e. The average Bonchev–Trinajstić information content (AvgIpc) is 2.83. The average molecular weight is 248 g/mol. The van der Waals surface area contributed by atoms with E-state index >= 15 is 0 Å². The van der Waals surface area contributed by atoms with Gasteiger partial charge in [0.15, 0.2) is 0 Å². The van der Waals surface area contributed by atoms with Crippen LogP contribution < -0.4 is 5.32 Å². The lowest BCUT2D eigenvalue weighted by molar-refractivity contribution is -0.159. The number of hydrogen-bond acceptors (Lipinski definition) is 4. The smallest absolute Gasteiger partial charge is 0.377 e. The van der Waals surface area contributed by atoms with Gasteiger partial charge >= 0.3 is 11.9 Å². The van der Waals surface area contributed by atoms with E-state index < -0.39 is 24.4 Å². The van der Waals surface area contributed by atoms with Gasteiger partial charge in [0.05, 0.1) is 6.42 Å². The molecule has 0 radical (unpaired) electrons. The molecule has 4 nitrogen and oxygen atoms in total. The molecule has 2 aliphatic heterocycles. The molecule has 0 aromatic carbocycles. The molecule has 2 heterocycles. The molecule has 2 aliphatic rings. The number of nitrogens with one attached hydrogen (secondary N) is 1. The summed E-state index contributed by atoms with van der Waals surface area (Å²) in [6, 6.07) is 0. The van der Waals surface area contributed by atoms with Crippen molar-refractivity contribution in [1.29, 1.82) is 0 Å². The van der Waals surface area contributed by atoms with Crippen LogP contribution in [0.3, 0.4) is 0 Å². The number of halogens is 2. The Morgan fingerprint density at radius 3 is 2.71 bits per heavy atom. The van der Waals surface area contributed by atoms with E-state index in [2.05, 4.69) is 15.0 Å². The van der Waals surface area contributed by atoms with Crippen LogP contribution in [0.2, 0.25) is 0 Å². The van der Waals surface area contributed by atoms with Gasteiger partial charge < -0.3 is 15.0 Å². The molecule has 0 bridgehead atoms.